The first-order valence-electron chi connectivity index (χ1n) is 10.5. The summed E-state index contributed by atoms with van der Waals surface area (Å²) in [7, 11) is -4.10. The van der Waals surface area contributed by atoms with Gasteiger partial charge >= 0.3 is 0 Å². The Labute approximate surface area is 196 Å². The Kier molecular flexibility index (Phi) is 7.02. The third kappa shape index (κ3) is 5.55. The fraction of sp³-hybridized carbons (Fsp3) is 0.261. The molecule has 1 atom stereocenters. The van der Waals surface area contributed by atoms with Crippen molar-refractivity contribution in [1.82, 2.24) is 10.2 Å². The summed E-state index contributed by atoms with van der Waals surface area (Å²) < 4.78 is 46.7. The van der Waals surface area contributed by atoms with Crippen molar-refractivity contribution < 1.29 is 22.0 Å². The number of nitrogens with one attached hydrogen (secondary N) is 2. The summed E-state index contributed by atoms with van der Waals surface area (Å²) in [4.78, 5) is 14.9. The molecule has 1 fully saturated rings. The van der Waals surface area contributed by atoms with Crippen LogP contribution in [0.1, 0.15) is 35.0 Å². The topological polar surface area (TPSA) is 91.7 Å². The Morgan fingerprint density at radius 2 is 1.85 bits per heavy atom. The van der Waals surface area contributed by atoms with E-state index >= 15 is 0 Å². The molecule has 0 bridgehead atoms. The molecule has 1 aromatic heterocycles. The Morgan fingerprint density at radius 1 is 1.12 bits per heavy atom. The molecule has 0 saturated carbocycles. The highest BCUT2D eigenvalue weighted by atomic mass is 35.5. The second kappa shape index (κ2) is 9.94. The number of sulfonamides is 1. The van der Waals surface area contributed by atoms with Crippen molar-refractivity contribution >= 4 is 33.2 Å². The lowest BCUT2D eigenvalue weighted by Crippen LogP contribution is -2.36. The summed E-state index contributed by atoms with van der Waals surface area (Å²) in [5, 5.41) is 2.84. The van der Waals surface area contributed by atoms with Crippen molar-refractivity contribution in [3.05, 3.63) is 83.0 Å². The van der Waals surface area contributed by atoms with Crippen LogP contribution in [0, 0.1) is 5.82 Å². The van der Waals surface area contributed by atoms with Crippen molar-refractivity contribution in [2.75, 3.05) is 24.4 Å². The number of nitrogens with zero attached hydrogens (tertiary/aromatic N) is 1. The summed E-state index contributed by atoms with van der Waals surface area (Å²) in [6.07, 6.45) is 3.78. The van der Waals surface area contributed by atoms with E-state index in [0.29, 0.717) is 6.54 Å². The number of rotatable bonds is 8. The zero-order valence-electron chi connectivity index (χ0n) is 17.6. The number of carbonyl (C=O) groups excluding carboxylic acids is 1. The van der Waals surface area contributed by atoms with Crippen LogP contribution in [-0.2, 0) is 10.0 Å². The number of halogens is 2. The number of hydrogen-bond acceptors (Lipinski definition) is 5. The molecule has 1 unspecified atom stereocenters. The van der Waals surface area contributed by atoms with E-state index in [1.165, 1.54) is 30.3 Å². The van der Waals surface area contributed by atoms with Gasteiger partial charge in [-0.25, -0.2) is 12.8 Å². The van der Waals surface area contributed by atoms with E-state index in [4.69, 9.17) is 16.0 Å². The van der Waals surface area contributed by atoms with E-state index in [1.807, 2.05) is 12.1 Å². The first kappa shape index (κ1) is 23.3. The molecule has 2 N–H and O–H groups in total. The van der Waals surface area contributed by atoms with Gasteiger partial charge in [-0.3, -0.25) is 14.4 Å². The van der Waals surface area contributed by atoms with Crippen LogP contribution in [0.15, 0.2) is 70.2 Å². The van der Waals surface area contributed by atoms with Crippen LogP contribution >= 0.6 is 11.6 Å². The lowest BCUT2D eigenvalue weighted by atomic mass is 10.1. The van der Waals surface area contributed by atoms with Gasteiger partial charge in [0.15, 0.2) is 0 Å². The van der Waals surface area contributed by atoms with Gasteiger partial charge in [-0.15, -0.1) is 0 Å². The molecule has 2 aromatic carbocycles. The van der Waals surface area contributed by atoms with Gasteiger partial charge in [-0.05, 0) is 80.5 Å². The number of carbonyl (C=O) groups is 1. The molecule has 10 heteroatoms. The quantitative estimate of drug-likeness (QED) is 0.486. The summed E-state index contributed by atoms with van der Waals surface area (Å²) in [5.74, 6) is -0.155. The highest BCUT2D eigenvalue weighted by molar-refractivity contribution is 7.92. The molecule has 0 spiro atoms. The average molecular weight is 492 g/mol. The summed E-state index contributed by atoms with van der Waals surface area (Å²) in [6.45, 7) is 2.14. The maximum Gasteiger partial charge on any atom is 0.263 e. The Balaban J connectivity index is 1.50. The molecule has 174 valence electrons. The molecule has 1 aliphatic rings. The normalized spacial score (nSPS) is 15.3. The number of benzene rings is 2. The summed E-state index contributed by atoms with van der Waals surface area (Å²) in [5.41, 5.74) is 0.327. The zero-order valence-corrected chi connectivity index (χ0v) is 19.2. The predicted molar refractivity (Wildman–Crippen MR) is 123 cm³/mol. The first-order chi connectivity index (χ1) is 15.8. The van der Waals surface area contributed by atoms with Gasteiger partial charge in [-0.1, -0.05) is 11.6 Å². The van der Waals surface area contributed by atoms with Crippen molar-refractivity contribution in [1.29, 1.82) is 0 Å². The Morgan fingerprint density at radius 3 is 2.52 bits per heavy atom. The molecule has 1 saturated heterocycles. The van der Waals surface area contributed by atoms with Crippen molar-refractivity contribution in [2.24, 2.45) is 0 Å². The fourth-order valence-corrected chi connectivity index (χ4v) is 5.40. The van der Waals surface area contributed by atoms with Gasteiger partial charge in [0.1, 0.15) is 16.5 Å². The summed E-state index contributed by atoms with van der Waals surface area (Å²) in [6, 6.07) is 12.5. The van der Waals surface area contributed by atoms with Crippen LogP contribution in [0.5, 0.6) is 0 Å². The molecule has 1 amide bonds. The van der Waals surface area contributed by atoms with Crippen LogP contribution in [0.4, 0.5) is 10.1 Å². The molecular weight excluding hydrogens is 469 g/mol. The second-order valence-corrected chi connectivity index (χ2v) is 9.80. The fourth-order valence-electron chi connectivity index (χ4n) is 3.81. The Bertz CT molecular complexity index is 1210. The van der Waals surface area contributed by atoms with E-state index in [2.05, 4.69) is 14.9 Å². The Hall–Kier alpha value is -2.88. The van der Waals surface area contributed by atoms with Gasteiger partial charge in [0.25, 0.3) is 15.9 Å². The van der Waals surface area contributed by atoms with Gasteiger partial charge in [0.2, 0.25) is 0 Å². The molecule has 33 heavy (non-hydrogen) atoms. The minimum absolute atomic E-state index is 0.0355. The van der Waals surface area contributed by atoms with Crippen LogP contribution in [0.2, 0.25) is 5.02 Å². The maximum atomic E-state index is 13.1. The van der Waals surface area contributed by atoms with E-state index in [9.17, 15) is 17.6 Å². The second-order valence-electron chi connectivity index (χ2n) is 7.74. The van der Waals surface area contributed by atoms with Crippen molar-refractivity contribution in [2.45, 2.75) is 23.8 Å². The van der Waals surface area contributed by atoms with E-state index < -0.39 is 21.7 Å². The standard InChI is InChI=1S/C23H23ClFN3O4S/c24-19-10-5-16(14-22(19)33(30,31)27-18-8-6-17(25)7-9-18)23(29)26-15-20(21-4-3-13-32-21)28-11-1-2-12-28/h3-10,13-14,20,27H,1-2,11-12,15H2,(H,26,29). The van der Waals surface area contributed by atoms with Crippen LogP contribution < -0.4 is 10.0 Å². The largest absolute Gasteiger partial charge is 0.468 e. The first-order valence-corrected chi connectivity index (χ1v) is 12.3. The number of furan rings is 1. The lowest BCUT2D eigenvalue weighted by Gasteiger charge is -2.26. The number of amides is 1. The molecule has 1 aliphatic heterocycles. The average Bonchev–Trinajstić information content (AvgIpc) is 3.50. The molecule has 3 aromatic rings. The zero-order chi connectivity index (χ0) is 23.4. The SMILES string of the molecule is O=C(NCC(c1ccco1)N1CCCC1)c1ccc(Cl)c(S(=O)(=O)Nc2ccc(F)cc2)c1. The van der Waals surface area contributed by atoms with E-state index in [-0.39, 0.29) is 27.2 Å². The highest BCUT2D eigenvalue weighted by Gasteiger charge is 2.26. The van der Waals surface area contributed by atoms with Gasteiger partial charge in [0.05, 0.1) is 17.3 Å². The van der Waals surface area contributed by atoms with Gasteiger partial charge in [0, 0.05) is 17.8 Å². The lowest BCUT2D eigenvalue weighted by molar-refractivity contribution is 0.0933. The van der Waals surface area contributed by atoms with E-state index in [0.717, 1.165) is 43.8 Å². The smallest absolute Gasteiger partial charge is 0.263 e. The van der Waals surface area contributed by atoms with E-state index in [1.54, 1.807) is 6.26 Å². The maximum absolute atomic E-state index is 13.1. The van der Waals surface area contributed by atoms with Gasteiger partial charge < -0.3 is 9.73 Å². The number of anilines is 1. The van der Waals surface area contributed by atoms with Crippen molar-refractivity contribution in [3.8, 4) is 0 Å². The minimum Gasteiger partial charge on any atom is -0.468 e. The summed E-state index contributed by atoms with van der Waals surface area (Å²) >= 11 is 6.13. The third-order valence-corrected chi connectivity index (χ3v) is 7.35. The molecule has 2 heterocycles. The molecule has 0 radical (unpaired) electrons. The van der Waals surface area contributed by atoms with Crippen LogP contribution in [0.3, 0.4) is 0 Å². The van der Waals surface area contributed by atoms with Crippen LogP contribution in [0.25, 0.3) is 0 Å². The molecular formula is C23H23ClFN3O4S. The van der Waals surface area contributed by atoms with Crippen molar-refractivity contribution in [3.63, 3.8) is 0 Å². The highest BCUT2D eigenvalue weighted by Crippen LogP contribution is 2.27. The number of likely N-dealkylation sites (tertiary alicyclic amines) is 1. The molecule has 7 nitrogen and oxygen atoms in total. The monoisotopic (exact) mass is 491 g/mol. The van der Waals surface area contributed by atoms with Gasteiger partial charge in [-0.2, -0.15) is 0 Å². The third-order valence-electron chi connectivity index (χ3n) is 5.49. The number of hydrogen-bond donors (Lipinski definition) is 2. The minimum atomic E-state index is -4.10. The predicted octanol–water partition coefficient (Wildman–Crippen LogP) is 4.44. The molecule has 0 aliphatic carbocycles. The molecule has 4 rings (SSSR count). The van der Waals surface area contributed by atoms with Crippen LogP contribution in [-0.4, -0.2) is 38.9 Å².